The van der Waals surface area contributed by atoms with Gasteiger partial charge in [-0.3, -0.25) is 20.8 Å². The van der Waals surface area contributed by atoms with E-state index in [2.05, 4.69) is 5.43 Å². The summed E-state index contributed by atoms with van der Waals surface area (Å²) in [4.78, 5) is 24.1. The summed E-state index contributed by atoms with van der Waals surface area (Å²) in [6, 6.07) is 2.24. The van der Waals surface area contributed by atoms with Gasteiger partial charge in [-0.2, -0.15) is 0 Å². The first-order chi connectivity index (χ1) is 9.83. The van der Waals surface area contributed by atoms with Crippen LogP contribution in [0.3, 0.4) is 0 Å². The topological polar surface area (TPSA) is 122 Å². The van der Waals surface area contributed by atoms with Gasteiger partial charge in [-0.25, -0.2) is 0 Å². The molecule has 1 amide bonds. The molecule has 0 saturated carbocycles. The zero-order chi connectivity index (χ0) is 16.2. The van der Waals surface area contributed by atoms with Gasteiger partial charge in [-0.15, -0.1) is 0 Å². The Hall–Kier alpha value is -1.90. The van der Waals surface area contributed by atoms with Crippen LogP contribution >= 0.6 is 11.6 Å². The number of hydrogen-bond acceptors (Lipinski definition) is 6. The number of anilines is 1. The molecule has 0 aliphatic rings. The third-order valence-electron chi connectivity index (χ3n) is 2.88. The summed E-state index contributed by atoms with van der Waals surface area (Å²) in [6.07, 6.45) is 0. The Morgan fingerprint density at radius 3 is 2.62 bits per heavy atom. The Morgan fingerprint density at radius 1 is 1.57 bits per heavy atom. The van der Waals surface area contributed by atoms with Crippen molar-refractivity contribution in [2.75, 3.05) is 18.6 Å². The summed E-state index contributed by atoms with van der Waals surface area (Å²) in [5.41, 5.74) is 1.77. The number of nitro benzene ring substituents is 1. The second-order valence-electron chi connectivity index (χ2n) is 4.57. The fourth-order valence-corrected chi connectivity index (χ4v) is 2.14. The molecule has 1 aromatic rings. The van der Waals surface area contributed by atoms with Gasteiger partial charge in [0.15, 0.2) is 0 Å². The maximum Gasteiger partial charge on any atom is 0.295 e. The third-order valence-corrected chi connectivity index (χ3v) is 3.18. The average Bonchev–Trinajstić information content (AvgIpc) is 2.42. The molecule has 1 rings (SSSR count). The maximum absolute atomic E-state index is 12.4. The van der Waals surface area contributed by atoms with E-state index in [4.69, 9.17) is 22.6 Å². The first-order valence-electron chi connectivity index (χ1n) is 6.19. The van der Waals surface area contributed by atoms with Gasteiger partial charge < -0.3 is 15.4 Å². The third kappa shape index (κ3) is 3.81. The number of hydrazine groups is 1. The van der Waals surface area contributed by atoms with E-state index in [0.29, 0.717) is 0 Å². The summed E-state index contributed by atoms with van der Waals surface area (Å²) in [6.45, 7) is 3.47. The minimum Gasteiger partial charge on any atom is -0.395 e. The highest BCUT2D eigenvalue weighted by atomic mass is 35.5. The van der Waals surface area contributed by atoms with Crippen LogP contribution in [0.4, 0.5) is 11.4 Å². The lowest BCUT2D eigenvalue weighted by Gasteiger charge is -2.26. The molecule has 0 unspecified atom stereocenters. The molecule has 0 fully saturated rings. The van der Waals surface area contributed by atoms with Gasteiger partial charge in [0, 0.05) is 24.2 Å². The van der Waals surface area contributed by atoms with Crippen LogP contribution in [-0.2, 0) is 0 Å². The number of rotatable bonds is 6. The molecule has 0 bridgehead atoms. The number of nitrogen functional groups attached to an aromatic ring is 1. The summed E-state index contributed by atoms with van der Waals surface area (Å²) in [7, 11) is 0. The monoisotopic (exact) mass is 316 g/mol. The number of nitrogens with one attached hydrogen (secondary N) is 1. The lowest BCUT2D eigenvalue weighted by Crippen LogP contribution is -2.39. The number of aliphatic hydroxyl groups excluding tert-OH is 1. The van der Waals surface area contributed by atoms with Crippen molar-refractivity contribution < 1.29 is 14.8 Å². The van der Waals surface area contributed by atoms with Gasteiger partial charge in [0.2, 0.25) is 0 Å². The van der Waals surface area contributed by atoms with Gasteiger partial charge >= 0.3 is 0 Å². The summed E-state index contributed by atoms with van der Waals surface area (Å²) >= 11 is 5.92. The van der Waals surface area contributed by atoms with Crippen LogP contribution in [0.15, 0.2) is 12.1 Å². The van der Waals surface area contributed by atoms with Crippen LogP contribution in [0.25, 0.3) is 0 Å². The molecule has 21 heavy (non-hydrogen) atoms. The van der Waals surface area contributed by atoms with Crippen molar-refractivity contribution in [3.8, 4) is 0 Å². The Bertz CT molecular complexity index is 550. The van der Waals surface area contributed by atoms with Crippen molar-refractivity contribution >= 4 is 28.9 Å². The number of benzene rings is 1. The van der Waals surface area contributed by atoms with Gasteiger partial charge in [-0.1, -0.05) is 11.6 Å². The molecule has 0 saturated heterocycles. The largest absolute Gasteiger partial charge is 0.395 e. The number of halogens is 1. The summed E-state index contributed by atoms with van der Waals surface area (Å²) < 4.78 is 0. The highest BCUT2D eigenvalue weighted by Gasteiger charge is 2.24. The van der Waals surface area contributed by atoms with E-state index in [9.17, 15) is 14.9 Å². The van der Waals surface area contributed by atoms with Crippen molar-refractivity contribution in [2.45, 2.75) is 19.9 Å². The second-order valence-corrected chi connectivity index (χ2v) is 4.98. The van der Waals surface area contributed by atoms with Gasteiger partial charge in [-0.05, 0) is 19.9 Å². The molecular formula is C12H17ClN4O4. The van der Waals surface area contributed by atoms with E-state index in [1.165, 1.54) is 11.0 Å². The van der Waals surface area contributed by atoms with Gasteiger partial charge in [0.25, 0.3) is 11.6 Å². The van der Waals surface area contributed by atoms with Crippen LogP contribution in [0.5, 0.6) is 0 Å². The number of nitrogens with two attached hydrogens (primary N) is 1. The standard InChI is InChI=1S/C12H17ClN4O4/c1-7(2)16(3-4-18)12(19)8-5-9(13)11(15-14)10(6-8)17(20)21/h5-7,15,18H,3-4,14H2,1-2H3. The van der Waals surface area contributed by atoms with Gasteiger partial charge in [0.05, 0.1) is 16.6 Å². The van der Waals surface area contributed by atoms with Crippen molar-refractivity contribution in [2.24, 2.45) is 5.84 Å². The molecule has 0 aromatic heterocycles. The molecule has 0 radical (unpaired) electrons. The van der Waals surface area contributed by atoms with Crippen LogP contribution in [0, 0.1) is 10.1 Å². The van der Waals surface area contributed by atoms with E-state index >= 15 is 0 Å². The smallest absolute Gasteiger partial charge is 0.295 e. The first kappa shape index (κ1) is 17.2. The molecule has 4 N–H and O–H groups in total. The Kier molecular flexibility index (Phi) is 5.89. The van der Waals surface area contributed by atoms with Crippen LogP contribution < -0.4 is 11.3 Å². The van der Waals surface area contributed by atoms with Crippen molar-refractivity contribution in [1.29, 1.82) is 0 Å². The van der Waals surface area contributed by atoms with E-state index in [-0.39, 0.29) is 41.2 Å². The predicted molar refractivity (Wildman–Crippen MR) is 79.2 cm³/mol. The molecule has 0 spiro atoms. The zero-order valence-electron chi connectivity index (χ0n) is 11.7. The quantitative estimate of drug-likeness (QED) is 0.414. The number of carbonyl (C=O) groups is 1. The van der Waals surface area contributed by atoms with E-state index in [1.807, 2.05) is 0 Å². The van der Waals surface area contributed by atoms with Crippen LogP contribution in [-0.4, -0.2) is 40.0 Å². The number of aliphatic hydroxyl groups is 1. The molecule has 0 heterocycles. The number of amides is 1. The van der Waals surface area contributed by atoms with Crippen molar-refractivity contribution in [3.05, 3.63) is 32.8 Å². The van der Waals surface area contributed by atoms with Gasteiger partial charge in [0.1, 0.15) is 5.69 Å². The number of nitro groups is 1. The lowest BCUT2D eigenvalue weighted by molar-refractivity contribution is -0.384. The van der Waals surface area contributed by atoms with Crippen molar-refractivity contribution in [3.63, 3.8) is 0 Å². The summed E-state index contributed by atoms with van der Waals surface area (Å²) in [5.74, 6) is 4.75. The van der Waals surface area contributed by atoms with E-state index < -0.39 is 10.8 Å². The lowest BCUT2D eigenvalue weighted by atomic mass is 10.1. The fraction of sp³-hybridized carbons (Fsp3) is 0.417. The SMILES string of the molecule is CC(C)N(CCO)C(=O)c1cc(Cl)c(NN)c([N+](=O)[O-])c1. The minimum absolute atomic E-state index is 0.0252. The highest BCUT2D eigenvalue weighted by molar-refractivity contribution is 6.34. The van der Waals surface area contributed by atoms with E-state index in [1.54, 1.807) is 13.8 Å². The molecule has 9 heteroatoms. The molecule has 116 valence electrons. The fourth-order valence-electron chi connectivity index (χ4n) is 1.87. The molecule has 0 aliphatic carbocycles. The predicted octanol–water partition coefficient (Wildman–Crippen LogP) is 1.38. The second kappa shape index (κ2) is 7.21. The Balaban J connectivity index is 3.30. The Labute approximate surface area is 126 Å². The molecule has 1 aromatic carbocycles. The maximum atomic E-state index is 12.4. The number of carbonyl (C=O) groups excluding carboxylic acids is 1. The van der Waals surface area contributed by atoms with E-state index in [0.717, 1.165) is 6.07 Å². The van der Waals surface area contributed by atoms with Crippen LogP contribution in [0.1, 0.15) is 24.2 Å². The highest BCUT2D eigenvalue weighted by Crippen LogP contribution is 2.33. The molecule has 0 aliphatic heterocycles. The molecule has 8 nitrogen and oxygen atoms in total. The van der Waals surface area contributed by atoms with Crippen molar-refractivity contribution in [1.82, 2.24) is 4.90 Å². The zero-order valence-corrected chi connectivity index (χ0v) is 12.4. The number of hydrogen-bond donors (Lipinski definition) is 3. The average molecular weight is 317 g/mol. The minimum atomic E-state index is -0.677. The first-order valence-corrected chi connectivity index (χ1v) is 6.57. The Morgan fingerprint density at radius 2 is 2.19 bits per heavy atom. The molecular weight excluding hydrogens is 300 g/mol. The normalized spacial score (nSPS) is 10.6. The molecule has 0 atom stereocenters. The summed E-state index contributed by atoms with van der Waals surface area (Å²) in [5, 5.41) is 20.0. The number of nitrogens with zero attached hydrogens (tertiary/aromatic N) is 2. The van der Waals surface area contributed by atoms with Crippen LogP contribution in [0.2, 0.25) is 5.02 Å².